The largest absolute Gasteiger partial charge is 0.382 e. The fourth-order valence-corrected chi connectivity index (χ4v) is 1.88. The molecule has 0 unspecified atom stereocenters. The molecule has 0 radical (unpaired) electrons. The molecule has 0 aromatic rings. The average molecular weight is 226 g/mol. The van der Waals surface area contributed by atoms with Crippen LogP contribution in [0.5, 0.6) is 0 Å². The molecule has 0 saturated carbocycles. The Balaban J connectivity index is 3.74. The van der Waals surface area contributed by atoms with Gasteiger partial charge < -0.3 is 18.5 Å². The minimum absolute atomic E-state index is 0.286. The molecule has 0 bridgehead atoms. The molecule has 14 heavy (non-hydrogen) atoms. The molecular formula is C8H19O5P. The first-order valence-electron chi connectivity index (χ1n) is 4.54. The van der Waals surface area contributed by atoms with Gasteiger partial charge in [-0.05, 0) is 0 Å². The van der Waals surface area contributed by atoms with Crippen molar-refractivity contribution in [3.8, 4) is 0 Å². The van der Waals surface area contributed by atoms with E-state index in [2.05, 4.69) is 0 Å². The van der Waals surface area contributed by atoms with E-state index in [0.717, 1.165) is 0 Å². The number of methoxy groups -OCH3 is 2. The van der Waals surface area contributed by atoms with Crippen LogP contribution in [0.2, 0.25) is 0 Å². The molecule has 86 valence electrons. The van der Waals surface area contributed by atoms with Crippen LogP contribution in [0, 0.1) is 0 Å². The SMILES string of the molecule is CCP(=O)(OCCOC)OCCOC. The van der Waals surface area contributed by atoms with Crippen molar-refractivity contribution in [3.05, 3.63) is 0 Å². The summed E-state index contributed by atoms with van der Waals surface area (Å²) >= 11 is 0. The second-order valence-corrected chi connectivity index (χ2v) is 4.95. The fourth-order valence-electron chi connectivity index (χ4n) is 0.739. The monoisotopic (exact) mass is 226 g/mol. The predicted molar refractivity (Wildman–Crippen MR) is 53.8 cm³/mol. The second kappa shape index (κ2) is 8.38. The zero-order chi connectivity index (χ0) is 10.9. The van der Waals surface area contributed by atoms with Crippen molar-refractivity contribution >= 4 is 7.60 Å². The molecule has 0 fully saturated rings. The summed E-state index contributed by atoms with van der Waals surface area (Å²) in [5, 5.41) is 0. The van der Waals surface area contributed by atoms with Crippen LogP contribution in [-0.4, -0.2) is 46.8 Å². The van der Waals surface area contributed by atoms with E-state index in [1.807, 2.05) is 0 Å². The van der Waals surface area contributed by atoms with Crippen LogP contribution in [0.25, 0.3) is 0 Å². The molecule has 6 heteroatoms. The van der Waals surface area contributed by atoms with Crippen LogP contribution in [-0.2, 0) is 23.1 Å². The van der Waals surface area contributed by atoms with Gasteiger partial charge >= 0.3 is 7.60 Å². The summed E-state index contributed by atoms with van der Waals surface area (Å²) < 4.78 is 31.6. The molecular weight excluding hydrogens is 207 g/mol. The summed E-state index contributed by atoms with van der Waals surface area (Å²) in [7, 11) is 0.203. The Hall–Kier alpha value is 0.0700. The van der Waals surface area contributed by atoms with Crippen molar-refractivity contribution < 1.29 is 23.1 Å². The van der Waals surface area contributed by atoms with Crippen molar-refractivity contribution in [2.24, 2.45) is 0 Å². The summed E-state index contributed by atoms with van der Waals surface area (Å²) in [6, 6.07) is 0. The highest BCUT2D eigenvalue weighted by Gasteiger charge is 2.21. The molecule has 0 spiro atoms. The zero-order valence-corrected chi connectivity index (χ0v) is 9.92. The number of hydrogen-bond acceptors (Lipinski definition) is 5. The van der Waals surface area contributed by atoms with E-state index in [0.29, 0.717) is 19.4 Å². The highest BCUT2D eigenvalue weighted by atomic mass is 31.2. The van der Waals surface area contributed by atoms with Gasteiger partial charge in [-0.15, -0.1) is 0 Å². The second-order valence-electron chi connectivity index (χ2n) is 2.58. The van der Waals surface area contributed by atoms with Crippen LogP contribution in [0.4, 0.5) is 0 Å². The van der Waals surface area contributed by atoms with Gasteiger partial charge in [-0.3, -0.25) is 4.57 Å². The van der Waals surface area contributed by atoms with E-state index in [1.165, 1.54) is 0 Å². The lowest BCUT2D eigenvalue weighted by molar-refractivity contribution is 0.107. The first-order valence-corrected chi connectivity index (χ1v) is 6.27. The van der Waals surface area contributed by atoms with Gasteiger partial charge in [-0.2, -0.15) is 0 Å². The average Bonchev–Trinajstić information content (AvgIpc) is 2.19. The lowest BCUT2D eigenvalue weighted by Crippen LogP contribution is -2.07. The minimum atomic E-state index is -2.92. The number of hydrogen-bond donors (Lipinski definition) is 0. The van der Waals surface area contributed by atoms with Gasteiger partial charge in [0.1, 0.15) is 0 Å². The molecule has 0 heterocycles. The zero-order valence-electron chi connectivity index (χ0n) is 9.02. The van der Waals surface area contributed by atoms with Crippen molar-refractivity contribution in [3.63, 3.8) is 0 Å². The molecule has 0 saturated heterocycles. The van der Waals surface area contributed by atoms with E-state index < -0.39 is 7.60 Å². The van der Waals surface area contributed by atoms with Crippen LogP contribution in [0.15, 0.2) is 0 Å². The normalized spacial score (nSPS) is 11.9. The topological polar surface area (TPSA) is 54.0 Å². The lowest BCUT2D eigenvalue weighted by atomic mass is 10.8. The van der Waals surface area contributed by atoms with E-state index in [9.17, 15) is 4.57 Å². The smallest absolute Gasteiger partial charge is 0.330 e. The van der Waals surface area contributed by atoms with Gasteiger partial charge in [0.05, 0.1) is 26.4 Å². The van der Waals surface area contributed by atoms with E-state index in [-0.39, 0.29) is 13.2 Å². The Kier molecular flexibility index (Phi) is 8.43. The molecule has 0 aromatic heterocycles. The third-order valence-corrected chi connectivity index (χ3v) is 3.46. The molecule has 0 atom stereocenters. The van der Waals surface area contributed by atoms with Crippen LogP contribution in [0.1, 0.15) is 6.92 Å². The Bertz CT molecular complexity index is 159. The summed E-state index contributed by atoms with van der Waals surface area (Å²) in [6.07, 6.45) is 0.362. The lowest BCUT2D eigenvalue weighted by Gasteiger charge is -2.16. The molecule has 0 aliphatic heterocycles. The van der Waals surface area contributed by atoms with Crippen molar-refractivity contribution in [1.29, 1.82) is 0 Å². The summed E-state index contributed by atoms with van der Waals surface area (Å²) in [6.45, 7) is 3.17. The third-order valence-electron chi connectivity index (χ3n) is 1.54. The van der Waals surface area contributed by atoms with Gasteiger partial charge in [0, 0.05) is 20.4 Å². The van der Waals surface area contributed by atoms with E-state index >= 15 is 0 Å². The van der Waals surface area contributed by atoms with E-state index in [4.69, 9.17) is 18.5 Å². The summed E-state index contributed by atoms with van der Waals surface area (Å²) in [4.78, 5) is 0. The number of ether oxygens (including phenoxy) is 2. The van der Waals surface area contributed by atoms with Gasteiger partial charge in [0.15, 0.2) is 0 Å². The maximum atomic E-state index is 11.8. The molecule has 0 rings (SSSR count). The highest BCUT2D eigenvalue weighted by Crippen LogP contribution is 2.47. The number of rotatable bonds is 9. The Morgan fingerprint density at radius 3 is 1.64 bits per heavy atom. The minimum Gasteiger partial charge on any atom is -0.382 e. The highest BCUT2D eigenvalue weighted by molar-refractivity contribution is 7.53. The molecule has 0 aromatic carbocycles. The van der Waals surface area contributed by atoms with Gasteiger partial charge in [0.25, 0.3) is 0 Å². The van der Waals surface area contributed by atoms with Gasteiger partial charge in [-0.25, -0.2) is 0 Å². The first-order chi connectivity index (χ1) is 6.68. The summed E-state index contributed by atoms with van der Waals surface area (Å²) in [5.74, 6) is 0. The fraction of sp³-hybridized carbons (Fsp3) is 1.00. The third kappa shape index (κ3) is 6.51. The Morgan fingerprint density at radius 1 is 0.929 bits per heavy atom. The predicted octanol–water partition coefficient (Wildman–Crippen LogP) is 1.53. The van der Waals surface area contributed by atoms with Crippen molar-refractivity contribution in [2.75, 3.05) is 46.8 Å². The van der Waals surface area contributed by atoms with Gasteiger partial charge in [-0.1, -0.05) is 6.92 Å². The summed E-state index contributed by atoms with van der Waals surface area (Å²) in [5.41, 5.74) is 0. The standard InChI is InChI=1S/C8H19O5P/c1-4-14(9,12-7-5-10-2)13-8-6-11-3/h4-8H2,1-3H3. The van der Waals surface area contributed by atoms with E-state index in [1.54, 1.807) is 21.1 Å². The van der Waals surface area contributed by atoms with Gasteiger partial charge in [0.2, 0.25) is 0 Å². The first kappa shape index (κ1) is 14.1. The van der Waals surface area contributed by atoms with Crippen molar-refractivity contribution in [2.45, 2.75) is 6.92 Å². The molecule has 0 N–H and O–H groups in total. The molecule has 0 aliphatic rings. The molecule has 5 nitrogen and oxygen atoms in total. The molecule has 0 amide bonds. The maximum absolute atomic E-state index is 11.8. The van der Waals surface area contributed by atoms with Crippen LogP contribution in [0.3, 0.4) is 0 Å². The van der Waals surface area contributed by atoms with Crippen molar-refractivity contribution in [1.82, 2.24) is 0 Å². The quantitative estimate of drug-likeness (QED) is 0.440. The molecule has 0 aliphatic carbocycles. The Labute approximate surface area is 85.2 Å². The van der Waals surface area contributed by atoms with Crippen LogP contribution < -0.4 is 0 Å². The van der Waals surface area contributed by atoms with Crippen LogP contribution >= 0.6 is 7.60 Å². The Morgan fingerprint density at radius 2 is 1.36 bits per heavy atom. The maximum Gasteiger partial charge on any atom is 0.330 e.